The van der Waals surface area contributed by atoms with Crippen LogP contribution >= 0.6 is 15.9 Å². The predicted octanol–water partition coefficient (Wildman–Crippen LogP) is 3.95. The van der Waals surface area contributed by atoms with Gasteiger partial charge in [-0.3, -0.25) is 0 Å². The van der Waals surface area contributed by atoms with Crippen molar-refractivity contribution in [2.45, 2.75) is 38.2 Å². The molecule has 15 heavy (non-hydrogen) atoms. The normalized spacial score (nSPS) is 16.9. The molecule has 2 rings (SSSR count). The maximum absolute atomic E-state index is 6.04. The molecule has 2 heteroatoms. The quantitative estimate of drug-likeness (QED) is 0.752. The lowest BCUT2D eigenvalue weighted by molar-refractivity contribution is 0.208. The second-order valence-corrected chi connectivity index (χ2v) is 4.86. The number of hydrogen-bond acceptors (Lipinski definition) is 1. The topological polar surface area (TPSA) is 9.23 Å². The van der Waals surface area contributed by atoms with E-state index in [0.717, 1.165) is 17.5 Å². The minimum Gasteiger partial charge on any atom is -0.490 e. The van der Waals surface area contributed by atoms with Crippen molar-refractivity contribution >= 4 is 15.9 Å². The number of ether oxygens (including phenoxy) is 1. The lowest BCUT2D eigenvalue weighted by atomic mass is 10.1. The molecule has 0 saturated heterocycles. The molecule has 1 nitrogen and oxygen atoms in total. The summed E-state index contributed by atoms with van der Waals surface area (Å²) in [7, 11) is 0. The number of para-hydroxylation sites is 1. The van der Waals surface area contributed by atoms with E-state index in [1.807, 2.05) is 0 Å². The average molecular weight is 269 g/mol. The molecule has 0 N–H and O–H groups in total. The van der Waals surface area contributed by atoms with Gasteiger partial charge in [-0.15, -0.1) is 0 Å². The van der Waals surface area contributed by atoms with Crippen LogP contribution in [0.2, 0.25) is 0 Å². The molecule has 0 heterocycles. The van der Waals surface area contributed by atoms with Crippen molar-refractivity contribution in [3.63, 3.8) is 0 Å². The molecule has 1 aromatic carbocycles. The van der Waals surface area contributed by atoms with Gasteiger partial charge in [0, 0.05) is 5.33 Å². The van der Waals surface area contributed by atoms with Gasteiger partial charge in [-0.25, -0.2) is 0 Å². The lowest BCUT2D eigenvalue weighted by Crippen LogP contribution is -2.12. The van der Waals surface area contributed by atoms with E-state index in [1.165, 1.54) is 31.2 Å². The van der Waals surface area contributed by atoms with Gasteiger partial charge >= 0.3 is 0 Å². The molecule has 1 saturated carbocycles. The van der Waals surface area contributed by atoms with Crippen LogP contribution in [0.1, 0.15) is 31.2 Å². The third kappa shape index (κ3) is 2.97. The van der Waals surface area contributed by atoms with E-state index >= 15 is 0 Å². The van der Waals surface area contributed by atoms with Crippen molar-refractivity contribution in [2.24, 2.45) is 0 Å². The lowest BCUT2D eigenvalue weighted by Gasteiger charge is -2.15. The van der Waals surface area contributed by atoms with E-state index in [-0.39, 0.29) is 0 Å². The highest BCUT2D eigenvalue weighted by Gasteiger charge is 2.17. The van der Waals surface area contributed by atoms with Crippen LogP contribution in [0.15, 0.2) is 24.3 Å². The highest BCUT2D eigenvalue weighted by molar-refractivity contribution is 9.09. The number of benzene rings is 1. The smallest absolute Gasteiger partial charge is 0.122 e. The van der Waals surface area contributed by atoms with Gasteiger partial charge in [0.2, 0.25) is 0 Å². The summed E-state index contributed by atoms with van der Waals surface area (Å²) in [6.07, 6.45) is 6.60. The predicted molar refractivity (Wildman–Crippen MR) is 66.8 cm³/mol. The molecule has 0 unspecified atom stereocenters. The molecular formula is C13H17BrO. The Morgan fingerprint density at radius 2 is 1.93 bits per heavy atom. The average Bonchev–Trinajstić information content (AvgIpc) is 2.74. The van der Waals surface area contributed by atoms with Gasteiger partial charge in [0.1, 0.15) is 5.75 Å². The summed E-state index contributed by atoms with van der Waals surface area (Å²) >= 11 is 3.48. The van der Waals surface area contributed by atoms with Gasteiger partial charge in [0.25, 0.3) is 0 Å². The summed E-state index contributed by atoms with van der Waals surface area (Å²) < 4.78 is 6.04. The van der Waals surface area contributed by atoms with Crippen molar-refractivity contribution in [3.8, 4) is 5.75 Å². The van der Waals surface area contributed by atoms with Gasteiger partial charge < -0.3 is 4.74 Å². The molecule has 0 amide bonds. The fourth-order valence-electron chi connectivity index (χ4n) is 2.11. The van der Waals surface area contributed by atoms with E-state index < -0.39 is 0 Å². The van der Waals surface area contributed by atoms with Gasteiger partial charge in [0.05, 0.1) is 6.10 Å². The molecule has 0 bridgehead atoms. The summed E-state index contributed by atoms with van der Waals surface area (Å²) in [4.78, 5) is 0. The SMILES string of the molecule is BrCCc1ccccc1OC1CCCC1. The van der Waals surface area contributed by atoms with Crippen LogP contribution in [-0.2, 0) is 6.42 Å². The van der Waals surface area contributed by atoms with E-state index in [4.69, 9.17) is 4.74 Å². The Morgan fingerprint density at radius 3 is 2.67 bits per heavy atom. The third-order valence-electron chi connectivity index (χ3n) is 2.93. The van der Waals surface area contributed by atoms with Gasteiger partial charge in [0.15, 0.2) is 0 Å². The van der Waals surface area contributed by atoms with Crippen LogP contribution in [0, 0.1) is 0 Å². The van der Waals surface area contributed by atoms with Crippen LogP contribution in [0.3, 0.4) is 0 Å². The standard InChI is InChI=1S/C13H17BrO/c14-10-9-11-5-1-4-8-13(11)15-12-6-2-3-7-12/h1,4-5,8,12H,2-3,6-7,9-10H2. The molecule has 1 fully saturated rings. The van der Waals surface area contributed by atoms with Crippen molar-refractivity contribution in [1.82, 2.24) is 0 Å². The van der Waals surface area contributed by atoms with Crippen molar-refractivity contribution in [3.05, 3.63) is 29.8 Å². The van der Waals surface area contributed by atoms with Gasteiger partial charge in [-0.1, -0.05) is 34.1 Å². The summed E-state index contributed by atoms with van der Waals surface area (Å²) in [6.45, 7) is 0. The second-order valence-electron chi connectivity index (χ2n) is 4.07. The molecule has 0 aromatic heterocycles. The Bertz CT molecular complexity index is 305. The summed E-state index contributed by atoms with van der Waals surface area (Å²) in [5.74, 6) is 1.09. The summed E-state index contributed by atoms with van der Waals surface area (Å²) in [5, 5.41) is 0.998. The largest absolute Gasteiger partial charge is 0.490 e. The highest BCUT2D eigenvalue weighted by atomic mass is 79.9. The van der Waals surface area contributed by atoms with Crippen LogP contribution in [0.25, 0.3) is 0 Å². The zero-order valence-electron chi connectivity index (χ0n) is 8.92. The molecule has 1 aromatic rings. The van der Waals surface area contributed by atoms with E-state index in [9.17, 15) is 0 Å². The Kier molecular flexibility index (Phi) is 4.07. The minimum atomic E-state index is 0.460. The van der Waals surface area contributed by atoms with Crippen LogP contribution in [0.5, 0.6) is 5.75 Å². The fraction of sp³-hybridized carbons (Fsp3) is 0.538. The number of alkyl halides is 1. The number of hydrogen-bond donors (Lipinski definition) is 0. The fourth-order valence-corrected chi connectivity index (χ4v) is 2.54. The van der Waals surface area contributed by atoms with Crippen molar-refractivity contribution in [1.29, 1.82) is 0 Å². The first-order valence-corrected chi connectivity index (χ1v) is 6.83. The Labute approximate surface area is 100.0 Å². The summed E-state index contributed by atoms with van der Waals surface area (Å²) in [6, 6.07) is 8.39. The first-order chi connectivity index (χ1) is 7.40. The summed E-state index contributed by atoms with van der Waals surface area (Å²) in [5.41, 5.74) is 1.32. The molecule has 0 spiro atoms. The Hall–Kier alpha value is -0.500. The molecule has 0 atom stereocenters. The van der Waals surface area contributed by atoms with Crippen molar-refractivity contribution < 1.29 is 4.74 Å². The zero-order valence-corrected chi connectivity index (χ0v) is 10.5. The molecule has 1 aliphatic carbocycles. The van der Waals surface area contributed by atoms with E-state index in [2.05, 4.69) is 40.2 Å². The number of halogens is 1. The zero-order chi connectivity index (χ0) is 10.5. The van der Waals surface area contributed by atoms with E-state index in [1.54, 1.807) is 0 Å². The third-order valence-corrected chi connectivity index (χ3v) is 3.33. The van der Waals surface area contributed by atoms with Gasteiger partial charge in [-0.2, -0.15) is 0 Å². The molecule has 0 radical (unpaired) electrons. The minimum absolute atomic E-state index is 0.460. The first-order valence-electron chi connectivity index (χ1n) is 5.70. The molecular weight excluding hydrogens is 252 g/mol. The maximum Gasteiger partial charge on any atom is 0.122 e. The Morgan fingerprint density at radius 1 is 1.20 bits per heavy atom. The molecule has 0 aliphatic heterocycles. The highest BCUT2D eigenvalue weighted by Crippen LogP contribution is 2.26. The van der Waals surface area contributed by atoms with Crippen LogP contribution < -0.4 is 4.74 Å². The monoisotopic (exact) mass is 268 g/mol. The second kappa shape index (κ2) is 5.55. The van der Waals surface area contributed by atoms with Crippen molar-refractivity contribution in [2.75, 3.05) is 5.33 Å². The van der Waals surface area contributed by atoms with Crippen LogP contribution in [-0.4, -0.2) is 11.4 Å². The Balaban J connectivity index is 2.05. The van der Waals surface area contributed by atoms with Gasteiger partial charge in [-0.05, 0) is 43.7 Å². The molecule has 1 aliphatic rings. The van der Waals surface area contributed by atoms with E-state index in [0.29, 0.717) is 6.10 Å². The van der Waals surface area contributed by atoms with Crippen LogP contribution in [0.4, 0.5) is 0 Å². The maximum atomic E-state index is 6.04. The first kappa shape index (κ1) is 11.0. The number of aryl methyl sites for hydroxylation is 1. The number of rotatable bonds is 4. The molecule has 82 valence electrons.